The van der Waals surface area contributed by atoms with Gasteiger partial charge < -0.3 is 15.0 Å². The zero-order valence-electron chi connectivity index (χ0n) is 17.4. The Bertz CT molecular complexity index is 817. The lowest BCUT2D eigenvalue weighted by atomic mass is 10.1. The molecule has 1 unspecified atom stereocenters. The molecule has 150 valence electrons. The molecule has 0 aliphatic carbocycles. The van der Waals surface area contributed by atoms with Crippen molar-refractivity contribution in [2.75, 3.05) is 6.61 Å². The Balaban J connectivity index is 2.17. The highest BCUT2D eigenvalue weighted by atomic mass is 16.5. The number of nitrogens with zero attached hydrogens (tertiary/aromatic N) is 1. The standard InChI is InChI=1S/C23H30N2O3/c1-16(2)24-23(27)19(5)25(14-20-11-8-9-17(3)13-20)22(26)15-28-21-12-7-6-10-18(21)4/h6-13,16,19H,14-15H2,1-5H3,(H,24,27). The second-order valence-corrected chi connectivity index (χ2v) is 7.40. The van der Waals surface area contributed by atoms with Crippen molar-refractivity contribution in [2.24, 2.45) is 0 Å². The predicted molar refractivity (Wildman–Crippen MR) is 111 cm³/mol. The minimum atomic E-state index is -0.601. The second-order valence-electron chi connectivity index (χ2n) is 7.40. The van der Waals surface area contributed by atoms with Gasteiger partial charge >= 0.3 is 0 Å². The van der Waals surface area contributed by atoms with Crippen LogP contribution in [-0.4, -0.2) is 35.4 Å². The highest BCUT2D eigenvalue weighted by molar-refractivity contribution is 5.88. The van der Waals surface area contributed by atoms with E-state index in [4.69, 9.17) is 4.74 Å². The number of carbonyl (C=O) groups excluding carboxylic acids is 2. The third-order valence-electron chi connectivity index (χ3n) is 4.48. The molecular formula is C23H30N2O3. The monoisotopic (exact) mass is 382 g/mol. The third-order valence-corrected chi connectivity index (χ3v) is 4.48. The topological polar surface area (TPSA) is 58.6 Å². The van der Waals surface area contributed by atoms with Gasteiger partial charge in [-0.15, -0.1) is 0 Å². The van der Waals surface area contributed by atoms with Gasteiger partial charge in [0, 0.05) is 12.6 Å². The summed E-state index contributed by atoms with van der Waals surface area (Å²) in [6.07, 6.45) is 0. The molecular weight excluding hydrogens is 352 g/mol. The average Bonchev–Trinajstić information content (AvgIpc) is 2.64. The van der Waals surface area contributed by atoms with Crippen molar-refractivity contribution >= 4 is 11.8 Å². The number of aryl methyl sites for hydroxylation is 2. The molecule has 2 aromatic carbocycles. The number of para-hydroxylation sites is 1. The SMILES string of the molecule is Cc1cccc(CN(C(=O)COc2ccccc2C)C(C)C(=O)NC(C)C)c1. The number of hydrogen-bond acceptors (Lipinski definition) is 3. The quantitative estimate of drug-likeness (QED) is 0.759. The molecule has 2 rings (SSSR count). The van der Waals surface area contributed by atoms with Gasteiger partial charge in [-0.3, -0.25) is 9.59 Å². The van der Waals surface area contributed by atoms with E-state index in [0.717, 1.165) is 16.7 Å². The van der Waals surface area contributed by atoms with Gasteiger partial charge in [0.05, 0.1) is 0 Å². The van der Waals surface area contributed by atoms with Crippen LogP contribution in [-0.2, 0) is 16.1 Å². The number of amides is 2. The van der Waals surface area contributed by atoms with Crippen LogP contribution in [0.3, 0.4) is 0 Å². The second kappa shape index (κ2) is 9.93. The Kier molecular flexibility index (Phi) is 7.61. The van der Waals surface area contributed by atoms with Gasteiger partial charge in [-0.1, -0.05) is 48.0 Å². The molecule has 5 heteroatoms. The fourth-order valence-electron chi connectivity index (χ4n) is 2.94. The minimum absolute atomic E-state index is 0.00842. The maximum absolute atomic E-state index is 13.0. The number of rotatable bonds is 8. The van der Waals surface area contributed by atoms with Gasteiger partial charge in [-0.2, -0.15) is 0 Å². The molecule has 0 spiro atoms. The van der Waals surface area contributed by atoms with Gasteiger partial charge in [-0.05, 0) is 51.8 Å². The summed E-state index contributed by atoms with van der Waals surface area (Å²) >= 11 is 0. The molecule has 0 bridgehead atoms. The lowest BCUT2D eigenvalue weighted by Gasteiger charge is -2.29. The summed E-state index contributed by atoms with van der Waals surface area (Å²) in [5.41, 5.74) is 3.06. The van der Waals surface area contributed by atoms with Crippen molar-refractivity contribution in [2.45, 2.75) is 53.2 Å². The molecule has 0 saturated heterocycles. The van der Waals surface area contributed by atoms with Crippen molar-refractivity contribution in [1.29, 1.82) is 0 Å². The minimum Gasteiger partial charge on any atom is -0.484 e. The van der Waals surface area contributed by atoms with Gasteiger partial charge in [0.15, 0.2) is 6.61 Å². The lowest BCUT2D eigenvalue weighted by molar-refractivity contribution is -0.142. The van der Waals surface area contributed by atoms with Crippen LogP contribution in [0.4, 0.5) is 0 Å². The van der Waals surface area contributed by atoms with E-state index < -0.39 is 6.04 Å². The molecule has 1 N–H and O–H groups in total. The fraction of sp³-hybridized carbons (Fsp3) is 0.391. The van der Waals surface area contributed by atoms with Crippen molar-refractivity contribution in [3.05, 3.63) is 65.2 Å². The van der Waals surface area contributed by atoms with Crippen LogP contribution >= 0.6 is 0 Å². The Morgan fingerprint density at radius 2 is 1.75 bits per heavy atom. The van der Waals surface area contributed by atoms with E-state index in [0.29, 0.717) is 12.3 Å². The zero-order chi connectivity index (χ0) is 20.7. The normalized spacial score (nSPS) is 11.8. The van der Waals surface area contributed by atoms with Crippen LogP contribution in [0.25, 0.3) is 0 Å². The molecule has 0 radical (unpaired) electrons. The van der Waals surface area contributed by atoms with Crippen molar-refractivity contribution in [3.8, 4) is 5.75 Å². The van der Waals surface area contributed by atoms with E-state index in [2.05, 4.69) is 5.32 Å². The molecule has 0 saturated carbocycles. The lowest BCUT2D eigenvalue weighted by Crippen LogP contribution is -2.50. The van der Waals surface area contributed by atoms with Crippen LogP contribution < -0.4 is 10.1 Å². The number of benzene rings is 2. The summed E-state index contributed by atoms with van der Waals surface area (Å²) < 4.78 is 5.73. The third kappa shape index (κ3) is 6.12. The van der Waals surface area contributed by atoms with Crippen LogP contribution in [0.2, 0.25) is 0 Å². The van der Waals surface area contributed by atoms with Crippen molar-refractivity contribution in [3.63, 3.8) is 0 Å². The van der Waals surface area contributed by atoms with Crippen LogP contribution in [0.15, 0.2) is 48.5 Å². The van der Waals surface area contributed by atoms with E-state index in [-0.39, 0.29) is 24.5 Å². The molecule has 0 fully saturated rings. The first-order valence-electron chi connectivity index (χ1n) is 9.61. The predicted octanol–water partition coefficient (Wildman–Crippen LogP) is 3.62. The molecule has 5 nitrogen and oxygen atoms in total. The maximum Gasteiger partial charge on any atom is 0.261 e. The Morgan fingerprint density at radius 3 is 2.39 bits per heavy atom. The van der Waals surface area contributed by atoms with Gasteiger partial charge in [0.25, 0.3) is 5.91 Å². The van der Waals surface area contributed by atoms with E-state index in [1.54, 1.807) is 11.8 Å². The molecule has 0 aromatic heterocycles. The molecule has 0 heterocycles. The van der Waals surface area contributed by atoms with E-state index in [1.165, 1.54) is 0 Å². The molecule has 28 heavy (non-hydrogen) atoms. The molecule has 0 aliphatic rings. The molecule has 1 atom stereocenters. The Labute approximate surface area is 167 Å². The van der Waals surface area contributed by atoms with Crippen molar-refractivity contribution in [1.82, 2.24) is 10.2 Å². The first-order valence-corrected chi connectivity index (χ1v) is 9.61. The fourth-order valence-corrected chi connectivity index (χ4v) is 2.94. The Morgan fingerprint density at radius 1 is 1.04 bits per heavy atom. The highest BCUT2D eigenvalue weighted by Gasteiger charge is 2.27. The first-order chi connectivity index (χ1) is 13.3. The average molecular weight is 383 g/mol. The van der Waals surface area contributed by atoms with E-state index in [1.807, 2.05) is 76.2 Å². The maximum atomic E-state index is 13.0. The Hall–Kier alpha value is -2.82. The summed E-state index contributed by atoms with van der Waals surface area (Å²) in [5, 5.41) is 2.88. The highest BCUT2D eigenvalue weighted by Crippen LogP contribution is 2.17. The van der Waals surface area contributed by atoms with Gasteiger partial charge in [-0.25, -0.2) is 0 Å². The molecule has 2 amide bonds. The van der Waals surface area contributed by atoms with Crippen LogP contribution in [0.1, 0.15) is 37.5 Å². The number of nitrogens with one attached hydrogen (secondary N) is 1. The van der Waals surface area contributed by atoms with Gasteiger partial charge in [0.1, 0.15) is 11.8 Å². The summed E-state index contributed by atoms with van der Waals surface area (Å²) in [6.45, 7) is 9.73. The largest absolute Gasteiger partial charge is 0.484 e. The smallest absolute Gasteiger partial charge is 0.261 e. The molecule has 2 aromatic rings. The van der Waals surface area contributed by atoms with Crippen LogP contribution in [0, 0.1) is 13.8 Å². The van der Waals surface area contributed by atoms with Crippen molar-refractivity contribution < 1.29 is 14.3 Å². The zero-order valence-corrected chi connectivity index (χ0v) is 17.4. The van der Waals surface area contributed by atoms with Crippen LogP contribution in [0.5, 0.6) is 5.75 Å². The summed E-state index contributed by atoms with van der Waals surface area (Å²) in [6, 6.07) is 14.9. The van der Waals surface area contributed by atoms with Gasteiger partial charge in [0.2, 0.25) is 5.91 Å². The number of ether oxygens (including phenoxy) is 1. The summed E-state index contributed by atoms with van der Waals surface area (Å²) in [5.74, 6) is 0.272. The summed E-state index contributed by atoms with van der Waals surface area (Å²) in [7, 11) is 0. The number of hydrogen-bond donors (Lipinski definition) is 1. The van der Waals surface area contributed by atoms with E-state index in [9.17, 15) is 9.59 Å². The van der Waals surface area contributed by atoms with E-state index >= 15 is 0 Å². The molecule has 0 aliphatic heterocycles. The number of carbonyl (C=O) groups is 2. The summed E-state index contributed by atoms with van der Waals surface area (Å²) in [4.78, 5) is 27.1. The first kappa shape index (κ1) is 21.5.